The van der Waals surface area contributed by atoms with Crippen molar-refractivity contribution in [3.8, 4) is 0 Å². The number of hydroxylamine groups is 2. The zero-order valence-electron chi connectivity index (χ0n) is 15.4. The number of amides is 1. The highest BCUT2D eigenvalue weighted by molar-refractivity contribution is 6.32. The molecular weight excluding hydrogens is 356 g/mol. The lowest BCUT2D eigenvalue weighted by molar-refractivity contribution is -0.161. The van der Waals surface area contributed by atoms with Crippen LogP contribution >= 0.6 is 11.6 Å². The molecule has 0 bridgehead atoms. The predicted octanol–water partition coefficient (Wildman–Crippen LogP) is 2.66. The van der Waals surface area contributed by atoms with Gasteiger partial charge in [-0.3, -0.25) is 4.79 Å². The van der Waals surface area contributed by atoms with Gasteiger partial charge in [0.25, 0.3) is 5.91 Å². The third-order valence-corrected chi connectivity index (χ3v) is 5.86. The first-order chi connectivity index (χ1) is 12.2. The minimum atomic E-state index is -1.04. The van der Waals surface area contributed by atoms with Crippen molar-refractivity contribution in [2.24, 2.45) is 0 Å². The molecule has 1 aromatic carbocycles. The number of carboxylic acids is 1. The molecule has 0 radical (unpaired) electrons. The van der Waals surface area contributed by atoms with Gasteiger partial charge in [-0.1, -0.05) is 11.6 Å². The molecule has 1 fully saturated rings. The van der Waals surface area contributed by atoms with Crippen molar-refractivity contribution < 1.29 is 19.5 Å². The van der Waals surface area contributed by atoms with E-state index in [-0.39, 0.29) is 17.1 Å². The van der Waals surface area contributed by atoms with Crippen molar-refractivity contribution in [2.75, 3.05) is 27.2 Å². The van der Waals surface area contributed by atoms with Gasteiger partial charge in [-0.25, -0.2) is 4.79 Å². The van der Waals surface area contributed by atoms with E-state index in [0.29, 0.717) is 36.5 Å². The lowest BCUT2D eigenvalue weighted by atomic mass is 9.79. The lowest BCUT2D eigenvalue weighted by Crippen LogP contribution is -2.54. The number of carbonyl (C=O) groups is 2. The molecule has 0 atom stereocenters. The van der Waals surface area contributed by atoms with Gasteiger partial charge in [0.2, 0.25) is 0 Å². The molecule has 2 aliphatic rings. The van der Waals surface area contributed by atoms with Crippen LogP contribution in [0, 0.1) is 13.8 Å². The second kappa shape index (κ2) is 6.68. The summed E-state index contributed by atoms with van der Waals surface area (Å²) < 4.78 is 0. The van der Waals surface area contributed by atoms with Gasteiger partial charge in [-0.05, 0) is 55.5 Å². The highest BCUT2D eigenvalue weighted by Gasteiger charge is 2.54. The van der Waals surface area contributed by atoms with Crippen LogP contribution in [0.4, 0.5) is 0 Å². The van der Waals surface area contributed by atoms with E-state index < -0.39 is 11.5 Å². The van der Waals surface area contributed by atoms with Crippen molar-refractivity contribution >= 4 is 29.1 Å². The first-order valence-corrected chi connectivity index (χ1v) is 8.93. The number of hydrogen-bond donors (Lipinski definition) is 1. The summed E-state index contributed by atoms with van der Waals surface area (Å²) in [7, 11) is 3.29. The molecule has 1 aromatic rings. The van der Waals surface area contributed by atoms with Crippen LogP contribution in [-0.2, 0) is 14.4 Å². The minimum absolute atomic E-state index is 0.189. The summed E-state index contributed by atoms with van der Waals surface area (Å²) in [5.41, 5.74) is 1.95. The Morgan fingerprint density at radius 3 is 2.23 bits per heavy atom. The quantitative estimate of drug-likeness (QED) is 0.875. The number of likely N-dealkylation sites (N-methyl/N-ethyl adjacent to an activating group) is 1. The van der Waals surface area contributed by atoms with Crippen LogP contribution in [0.5, 0.6) is 0 Å². The van der Waals surface area contributed by atoms with Crippen molar-refractivity contribution in [1.82, 2.24) is 9.96 Å². The SMILES string of the molecule is CON1CCC2(CC1)C(C(=O)O)=C(c1c(C)cc(Cl)cc1C)C(=O)N2C. The molecule has 3 rings (SSSR count). The molecule has 2 heterocycles. The summed E-state index contributed by atoms with van der Waals surface area (Å²) >= 11 is 6.12. The number of benzene rings is 1. The largest absolute Gasteiger partial charge is 0.478 e. The van der Waals surface area contributed by atoms with Crippen molar-refractivity contribution in [3.05, 3.63) is 39.4 Å². The van der Waals surface area contributed by atoms with E-state index >= 15 is 0 Å². The number of carbonyl (C=O) groups excluding carboxylic acids is 1. The number of carboxylic acid groups (broad SMARTS) is 1. The number of aryl methyl sites for hydroxylation is 2. The van der Waals surface area contributed by atoms with Crippen LogP contribution in [0.2, 0.25) is 5.02 Å². The number of nitrogens with zero attached hydrogens (tertiary/aromatic N) is 2. The predicted molar refractivity (Wildman–Crippen MR) is 98.8 cm³/mol. The van der Waals surface area contributed by atoms with Gasteiger partial charge in [-0.2, -0.15) is 5.06 Å². The molecule has 1 amide bonds. The molecule has 140 valence electrons. The van der Waals surface area contributed by atoms with Crippen LogP contribution in [0.25, 0.3) is 5.57 Å². The number of rotatable bonds is 3. The molecule has 7 heteroatoms. The average Bonchev–Trinajstić information content (AvgIpc) is 2.77. The van der Waals surface area contributed by atoms with E-state index in [1.807, 2.05) is 13.8 Å². The standard InChI is InChI=1S/C19H23ClN2O4/c1-11-9-13(20)10-12(2)14(11)15-16(18(24)25)19(21(3)17(15)23)5-7-22(26-4)8-6-19/h9-10H,5-8H2,1-4H3,(H,24,25). The second-order valence-corrected chi connectivity index (χ2v) is 7.41. The number of halogens is 1. The van der Waals surface area contributed by atoms with E-state index in [1.165, 1.54) is 0 Å². The highest BCUT2D eigenvalue weighted by atomic mass is 35.5. The normalized spacial score (nSPS) is 20.3. The van der Waals surface area contributed by atoms with Gasteiger partial charge in [0.05, 0.1) is 23.8 Å². The summed E-state index contributed by atoms with van der Waals surface area (Å²) in [6.07, 6.45) is 1.03. The van der Waals surface area contributed by atoms with Crippen LogP contribution in [0.3, 0.4) is 0 Å². The molecule has 1 spiro atoms. The van der Waals surface area contributed by atoms with Crippen LogP contribution in [0.15, 0.2) is 17.7 Å². The Morgan fingerprint density at radius 2 is 1.77 bits per heavy atom. The molecule has 0 aliphatic carbocycles. The highest BCUT2D eigenvalue weighted by Crippen LogP contribution is 2.47. The topological polar surface area (TPSA) is 70.1 Å². The van der Waals surface area contributed by atoms with E-state index in [2.05, 4.69) is 0 Å². The minimum Gasteiger partial charge on any atom is -0.478 e. The van der Waals surface area contributed by atoms with Crippen molar-refractivity contribution in [1.29, 1.82) is 0 Å². The average molecular weight is 379 g/mol. The summed E-state index contributed by atoms with van der Waals surface area (Å²) in [5, 5.41) is 12.4. The summed E-state index contributed by atoms with van der Waals surface area (Å²) in [6, 6.07) is 3.53. The Balaban J connectivity index is 2.22. The Morgan fingerprint density at radius 1 is 1.23 bits per heavy atom. The van der Waals surface area contributed by atoms with Crippen LogP contribution < -0.4 is 0 Å². The molecule has 2 aliphatic heterocycles. The van der Waals surface area contributed by atoms with Gasteiger partial charge in [0.1, 0.15) is 0 Å². The maximum atomic E-state index is 13.2. The molecule has 0 unspecified atom stereocenters. The van der Waals surface area contributed by atoms with Crippen LogP contribution in [-0.4, -0.2) is 59.7 Å². The number of hydrogen-bond acceptors (Lipinski definition) is 4. The summed E-state index contributed by atoms with van der Waals surface area (Å²) in [6.45, 7) is 4.84. The summed E-state index contributed by atoms with van der Waals surface area (Å²) in [4.78, 5) is 32.3. The smallest absolute Gasteiger partial charge is 0.334 e. The van der Waals surface area contributed by atoms with Crippen molar-refractivity contribution in [3.63, 3.8) is 0 Å². The van der Waals surface area contributed by atoms with Crippen molar-refractivity contribution in [2.45, 2.75) is 32.2 Å². The number of piperidine rings is 1. The Bertz CT molecular complexity index is 787. The van der Waals surface area contributed by atoms with E-state index in [0.717, 1.165) is 11.1 Å². The first-order valence-electron chi connectivity index (χ1n) is 8.55. The van der Waals surface area contributed by atoms with Gasteiger partial charge in [0, 0.05) is 25.2 Å². The molecule has 1 saturated heterocycles. The third-order valence-electron chi connectivity index (χ3n) is 5.65. The third kappa shape index (κ3) is 2.73. The zero-order chi connectivity index (χ0) is 19.2. The zero-order valence-corrected chi connectivity index (χ0v) is 16.2. The van der Waals surface area contributed by atoms with E-state index in [1.54, 1.807) is 36.3 Å². The Labute approximate surface area is 157 Å². The van der Waals surface area contributed by atoms with Gasteiger partial charge in [0.15, 0.2) is 0 Å². The van der Waals surface area contributed by atoms with E-state index in [4.69, 9.17) is 16.4 Å². The fourth-order valence-electron chi connectivity index (χ4n) is 4.34. The Kier molecular flexibility index (Phi) is 4.86. The molecule has 0 aromatic heterocycles. The van der Waals surface area contributed by atoms with Gasteiger partial charge in [-0.15, -0.1) is 0 Å². The summed E-state index contributed by atoms with van der Waals surface area (Å²) in [5.74, 6) is -1.29. The maximum absolute atomic E-state index is 13.2. The second-order valence-electron chi connectivity index (χ2n) is 6.98. The monoisotopic (exact) mass is 378 g/mol. The fraction of sp³-hybridized carbons (Fsp3) is 0.474. The first kappa shape index (κ1) is 18.9. The molecular formula is C19H23ClN2O4. The fourth-order valence-corrected chi connectivity index (χ4v) is 4.66. The van der Waals surface area contributed by atoms with Gasteiger partial charge < -0.3 is 14.8 Å². The number of aliphatic carboxylic acids is 1. The van der Waals surface area contributed by atoms with Gasteiger partial charge >= 0.3 is 5.97 Å². The molecule has 1 N–H and O–H groups in total. The van der Waals surface area contributed by atoms with Crippen LogP contribution in [0.1, 0.15) is 29.5 Å². The van der Waals surface area contributed by atoms with E-state index in [9.17, 15) is 14.7 Å². The maximum Gasteiger partial charge on any atom is 0.334 e. The molecule has 0 saturated carbocycles. The Hall–Kier alpha value is -1.89. The lowest BCUT2D eigenvalue weighted by Gasteiger charge is -2.43. The molecule has 26 heavy (non-hydrogen) atoms. The molecule has 6 nitrogen and oxygen atoms in total.